The molecule has 2 aliphatic rings. The van der Waals surface area contributed by atoms with Crippen molar-refractivity contribution in [2.45, 2.75) is 42.8 Å². The minimum absolute atomic E-state index is 0.0329. The van der Waals surface area contributed by atoms with Gasteiger partial charge in [-0.1, -0.05) is 12.1 Å². The van der Waals surface area contributed by atoms with Crippen molar-refractivity contribution in [3.05, 3.63) is 93.9 Å². The zero-order valence-corrected chi connectivity index (χ0v) is 25.0. The molecule has 1 atom stereocenters. The molecule has 4 N–H and O–H groups in total. The first-order chi connectivity index (χ1) is 20.8. The fourth-order valence-corrected chi connectivity index (χ4v) is 6.78. The zero-order chi connectivity index (χ0) is 30.1. The number of anilines is 4. The number of thioether (sulfide) groups is 1. The van der Waals surface area contributed by atoms with Gasteiger partial charge in [0.05, 0.1) is 10.9 Å². The van der Waals surface area contributed by atoms with Crippen molar-refractivity contribution in [1.82, 2.24) is 14.5 Å². The number of hydrogen-bond donors (Lipinski definition) is 3. The van der Waals surface area contributed by atoms with Crippen LogP contribution >= 0.6 is 11.8 Å². The van der Waals surface area contributed by atoms with E-state index in [1.807, 2.05) is 48.2 Å². The molecule has 1 unspecified atom stereocenters. The first-order valence-electron chi connectivity index (χ1n) is 14.5. The monoisotopic (exact) mass is 594 g/mol. The van der Waals surface area contributed by atoms with E-state index in [1.54, 1.807) is 49.3 Å². The highest BCUT2D eigenvalue weighted by Gasteiger charge is 2.29. The van der Waals surface area contributed by atoms with Gasteiger partial charge >= 0.3 is 0 Å². The lowest BCUT2D eigenvalue weighted by Gasteiger charge is -2.26. The first kappa shape index (κ1) is 28.5. The van der Waals surface area contributed by atoms with Crippen LogP contribution in [0.4, 0.5) is 22.9 Å². The lowest BCUT2D eigenvalue weighted by molar-refractivity contribution is -0.115. The van der Waals surface area contributed by atoms with Gasteiger partial charge in [-0.3, -0.25) is 14.4 Å². The van der Waals surface area contributed by atoms with Crippen LogP contribution in [0.25, 0.3) is 11.3 Å². The quantitative estimate of drug-likeness (QED) is 0.257. The van der Waals surface area contributed by atoms with E-state index in [4.69, 9.17) is 5.73 Å². The van der Waals surface area contributed by atoms with Crippen LogP contribution in [0.5, 0.6) is 0 Å². The number of hydrogen-bond acceptors (Lipinski definition) is 7. The van der Waals surface area contributed by atoms with Gasteiger partial charge in [0.2, 0.25) is 5.91 Å². The molecule has 9 nitrogen and oxygen atoms in total. The number of rotatable bonds is 6. The zero-order valence-electron chi connectivity index (χ0n) is 24.2. The lowest BCUT2D eigenvalue weighted by atomic mass is 10.0. The van der Waals surface area contributed by atoms with Crippen LogP contribution in [-0.4, -0.2) is 44.6 Å². The molecule has 220 valence electrons. The number of carbonyl (C=O) groups excluding carboxylic acids is 2. The predicted octanol–water partition coefficient (Wildman–Crippen LogP) is 5.36. The molecule has 2 amide bonds. The maximum absolute atomic E-state index is 13.2. The first-order valence-corrected chi connectivity index (χ1v) is 15.3. The van der Waals surface area contributed by atoms with Gasteiger partial charge in [-0.15, -0.1) is 11.8 Å². The Labute approximate surface area is 254 Å². The highest BCUT2D eigenvalue weighted by Crippen LogP contribution is 2.39. The molecular formula is C33H34N6O3S. The summed E-state index contributed by atoms with van der Waals surface area (Å²) in [6, 6.07) is 18.6. The summed E-state index contributed by atoms with van der Waals surface area (Å²) in [7, 11) is 1.68. The highest BCUT2D eigenvalue weighted by molar-refractivity contribution is 8.01. The van der Waals surface area contributed by atoms with Crippen LogP contribution in [0.2, 0.25) is 0 Å². The van der Waals surface area contributed by atoms with Crippen LogP contribution in [-0.2, 0) is 18.3 Å². The van der Waals surface area contributed by atoms with E-state index in [-0.39, 0.29) is 28.4 Å². The molecule has 0 saturated carbocycles. The summed E-state index contributed by atoms with van der Waals surface area (Å²) in [4.78, 5) is 46.7. The molecule has 0 radical (unpaired) electrons. The molecular weight excluding hydrogens is 560 g/mol. The fourth-order valence-electron chi connectivity index (χ4n) is 5.61. The van der Waals surface area contributed by atoms with Crippen molar-refractivity contribution in [2.24, 2.45) is 7.05 Å². The molecule has 0 spiro atoms. The second kappa shape index (κ2) is 12.0. The summed E-state index contributed by atoms with van der Waals surface area (Å²) in [5, 5.41) is 5.99. The molecule has 3 aromatic carbocycles. The third kappa shape index (κ3) is 6.01. The number of nitrogens with two attached hydrogens (primary N) is 1. The molecule has 3 heterocycles. The number of fused-ring (bicyclic) bond motifs is 1. The standard InChI is InChI=1S/C33H34N6O3S/c1-20-25(7-6-8-26(20)37-31(40)29-18-22-17-23(34)11-14-28(22)43-29)27-19-38(2)33(42)30(36-27)35-24-12-9-21(10-13-24)32(41)39-15-4-3-5-16-39/h6-14,17,19,29H,3-5,15-16,18,34H2,1-2H3,(H,35,36)(H,37,40). The van der Waals surface area contributed by atoms with E-state index >= 15 is 0 Å². The maximum Gasteiger partial charge on any atom is 0.293 e. The predicted molar refractivity (Wildman–Crippen MR) is 172 cm³/mol. The average Bonchev–Trinajstić information content (AvgIpc) is 3.44. The number of aromatic nitrogens is 2. The maximum atomic E-state index is 13.2. The van der Waals surface area contributed by atoms with E-state index in [0.29, 0.717) is 34.7 Å². The lowest BCUT2D eigenvalue weighted by Crippen LogP contribution is -2.35. The molecule has 6 rings (SSSR count). The third-order valence-electron chi connectivity index (χ3n) is 8.03. The Morgan fingerprint density at radius 3 is 2.56 bits per heavy atom. The van der Waals surface area contributed by atoms with Gasteiger partial charge < -0.3 is 25.8 Å². The Bertz CT molecular complexity index is 1760. The summed E-state index contributed by atoms with van der Waals surface area (Å²) in [5.74, 6) is 0.131. The van der Waals surface area contributed by atoms with E-state index in [0.717, 1.165) is 53.9 Å². The van der Waals surface area contributed by atoms with Crippen LogP contribution in [0.15, 0.2) is 76.6 Å². The van der Waals surface area contributed by atoms with Gasteiger partial charge in [0.15, 0.2) is 5.82 Å². The summed E-state index contributed by atoms with van der Waals surface area (Å²) in [6.07, 6.45) is 5.55. The molecule has 1 aromatic heterocycles. The van der Waals surface area contributed by atoms with E-state index in [2.05, 4.69) is 15.6 Å². The largest absolute Gasteiger partial charge is 0.399 e. The Morgan fingerprint density at radius 1 is 1.02 bits per heavy atom. The number of nitrogens with zero attached hydrogens (tertiary/aromatic N) is 3. The average molecular weight is 595 g/mol. The molecule has 2 aliphatic heterocycles. The number of nitrogens with one attached hydrogen (secondary N) is 2. The number of amides is 2. The van der Waals surface area contributed by atoms with E-state index in [1.165, 1.54) is 4.57 Å². The number of nitrogen functional groups attached to an aromatic ring is 1. The van der Waals surface area contributed by atoms with Gasteiger partial charge in [0.25, 0.3) is 11.5 Å². The van der Waals surface area contributed by atoms with Crippen molar-refractivity contribution in [2.75, 3.05) is 29.5 Å². The van der Waals surface area contributed by atoms with Crippen molar-refractivity contribution in [1.29, 1.82) is 0 Å². The van der Waals surface area contributed by atoms with Crippen LogP contribution < -0.4 is 21.9 Å². The molecule has 0 aliphatic carbocycles. The van der Waals surface area contributed by atoms with Crippen LogP contribution in [0.1, 0.15) is 40.7 Å². The normalized spacial score (nSPS) is 16.0. The highest BCUT2D eigenvalue weighted by atomic mass is 32.2. The SMILES string of the molecule is Cc1c(NC(=O)C2Cc3cc(N)ccc3S2)cccc1-c1cn(C)c(=O)c(Nc2ccc(C(=O)N3CCCCC3)cc2)n1. The van der Waals surface area contributed by atoms with Gasteiger partial charge in [0.1, 0.15) is 0 Å². The Kier molecular flexibility index (Phi) is 7.94. The van der Waals surface area contributed by atoms with E-state index < -0.39 is 0 Å². The second-order valence-corrected chi connectivity index (χ2v) is 12.3. The van der Waals surface area contributed by atoms with Gasteiger partial charge in [-0.25, -0.2) is 4.98 Å². The third-order valence-corrected chi connectivity index (χ3v) is 9.35. The molecule has 1 saturated heterocycles. The summed E-state index contributed by atoms with van der Waals surface area (Å²) in [5.41, 5.74) is 11.6. The molecule has 1 fully saturated rings. The fraction of sp³-hybridized carbons (Fsp3) is 0.273. The van der Waals surface area contributed by atoms with E-state index in [9.17, 15) is 14.4 Å². The van der Waals surface area contributed by atoms with Gasteiger partial charge in [0, 0.05) is 59.4 Å². The minimum atomic E-state index is -0.280. The summed E-state index contributed by atoms with van der Waals surface area (Å²) in [6.45, 7) is 3.51. The summed E-state index contributed by atoms with van der Waals surface area (Å²) < 4.78 is 1.49. The van der Waals surface area contributed by atoms with Crippen LogP contribution in [0, 0.1) is 6.92 Å². The van der Waals surface area contributed by atoms with Crippen molar-refractivity contribution in [3.8, 4) is 11.3 Å². The number of likely N-dealkylation sites (tertiary alicyclic amines) is 1. The van der Waals surface area contributed by atoms with Crippen molar-refractivity contribution < 1.29 is 9.59 Å². The smallest absolute Gasteiger partial charge is 0.293 e. The van der Waals surface area contributed by atoms with Gasteiger partial charge in [-0.05, 0) is 92.3 Å². The number of aryl methyl sites for hydroxylation is 1. The summed E-state index contributed by atoms with van der Waals surface area (Å²) >= 11 is 1.55. The van der Waals surface area contributed by atoms with Crippen LogP contribution in [0.3, 0.4) is 0 Å². The number of benzene rings is 3. The second-order valence-electron chi connectivity index (χ2n) is 11.1. The Balaban J connectivity index is 1.20. The molecule has 43 heavy (non-hydrogen) atoms. The topological polar surface area (TPSA) is 122 Å². The molecule has 4 aromatic rings. The van der Waals surface area contributed by atoms with Crippen molar-refractivity contribution >= 4 is 46.5 Å². The van der Waals surface area contributed by atoms with Crippen molar-refractivity contribution in [3.63, 3.8) is 0 Å². The molecule has 10 heteroatoms. The minimum Gasteiger partial charge on any atom is -0.399 e. The molecule has 0 bridgehead atoms. The Hall–Kier alpha value is -4.57. The Morgan fingerprint density at radius 2 is 1.79 bits per heavy atom. The number of piperidine rings is 1. The van der Waals surface area contributed by atoms with Gasteiger partial charge in [-0.2, -0.15) is 0 Å². The number of carbonyl (C=O) groups is 2.